The van der Waals surface area contributed by atoms with Crippen molar-refractivity contribution in [3.8, 4) is 0 Å². The number of carbonyl (C=O) groups is 1. The fraction of sp³-hybridized carbons (Fsp3) is 0.500. The van der Waals surface area contributed by atoms with Gasteiger partial charge in [-0.15, -0.1) is 0 Å². The summed E-state index contributed by atoms with van der Waals surface area (Å²) in [6.07, 6.45) is 8.14. The summed E-state index contributed by atoms with van der Waals surface area (Å²) >= 11 is 0. The molecule has 1 aliphatic heterocycles. The Balaban J connectivity index is 1.98. The van der Waals surface area contributed by atoms with E-state index in [4.69, 9.17) is 4.74 Å². The lowest BCUT2D eigenvalue weighted by atomic mass is 10.0. The smallest absolute Gasteiger partial charge is 0.211 e. The molecule has 1 fully saturated rings. The van der Waals surface area contributed by atoms with Crippen LogP contribution in [0.25, 0.3) is 0 Å². The Bertz CT molecular complexity index is 398. The maximum atomic E-state index is 13.6. The number of halogens is 1. The zero-order chi connectivity index (χ0) is 13.5. The second kappa shape index (κ2) is 7.21. The molecule has 0 aromatic heterocycles. The molecule has 1 N–H and O–H groups in total. The highest BCUT2D eigenvalue weighted by Gasteiger charge is 2.14. The van der Waals surface area contributed by atoms with Gasteiger partial charge in [-0.25, -0.2) is 4.39 Å². The van der Waals surface area contributed by atoms with Gasteiger partial charge in [0.15, 0.2) is 0 Å². The third-order valence-electron chi connectivity index (χ3n) is 3.27. The Morgan fingerprint density at radius 3 is 2.95 bits per heavy atom. The molecule has 1 heterocycles. The number of carbonyl (C=O) groups excluding carboxylic acids is 1. The zero-order valence-corrected chi connectivity index (χ0v) is 10.8. The Morgan fingerprint density at radius 2 is 2.21 bits per heavy atom. The molecule has 2 rings (SSSR count). The second-order valence-corrected chi connectivity index (χ2v) is 4.65. The van der Waals surface area contributed by atoms with Crippen LogP contribution >= 0.6 is 0 Å². The van der Waals surface area contributed by atoms with Gasteiger partial charge in [0.05, 0.1) is 18.9 Å². The van der Waals surface area contributed by atoms with Gasteiger partial charge in [0.25, 0.3) is 0 Å². The van der Waals surface area contributed by atoms with Gasteiger partial charge in [-0.2, -0.15) is 0 Å². The molecule has 4 nitrogen and oxygen atoms in total. The van der Waals surface area contributed by atoms with Gasteiger partial charge in [0.2, 0.25) is 6.41 Å². The van der Waals surface area contributed by atoms with Gasteiger partial charge in [-0.1, -0.05) is 18.2 Å². The highest BCUT2D eigenvalue weighted by atomic mass is 19.1. The molecular weight excluding hydrogens is 247 g/mol. The zero-order valence-electron chi connectivity index (χ0n) is 10.8. The molecule has 0 aromatic carbocycles. The number of amides is 1. The van der Waals surface area contributed by atoms with Gasteiger partial charge in [-0.05, 0) is 6.08 Å². The maximum absolute atomic E-state index is 13.6. The lowest BCUT2D eigenvalue weighted by Gasteiger charge is -2.28. The minimum Gasteiger partial charge on any atom is -0.379 e. The Hall–Kier alpha value is -1.46. The summed E-state index contributed by atoms with van der Waals surface area (Å²) in [4.78, 5) is 12.8. The van der Waals surface area contributed by atoms with Crippen molar-refractivity contribution in [1.82, 2.24) is 10.2 Å². The van der Waals surface area contributed by atoms with Crippen LogP contribution in [0.3, 0.4) is 0 Å². The molecule has 5 heteroatoms. The number of hydrogen-bond donors (Lipinski definition) is 1. The van der Waals surface area contributed by atoms with Crippen LogP contribution < -0.4 is 5.32 Å². The average molecular weight is 266 g/mol. The van der Waals surface area contributed by atoms with E-state index >= 15 is 0 Å². The van der Waals surface area contributed by atoms with Crippen LogP contribution in [0.4, 0.5) is 4.39 Å². The van der Waals surface area contributed by atoms with Crippen LogP contribution in [0, 0.1) is 5.92 Å². The van der Waals surface area contributed by atoms with Crippen molar-refractivity contribution >= 4 is 6.41 Å². The van der Waals surface area contributed by atoms with E-state index in [1.54, 1.807) is 6.08 Å². The predicted octanol–water partition coefficient (Wildman–Crippen LogP) is 1.38. The minimum absolute atomic E-state index is 0.222. The molecule has 1 atom stereocenters. The number of nitrogens with zero attached hydrogens (tertiary/aromatic N) is 1. The first-order chi connectivity index (χ1) is 9.29. The maximum Gasteiger partial charge on any atom is 0.211 e. The van der Waals surface area contributed by atoms with Crippen LogP contribution in [-0.2, 0) is 9.53 Å². The summed E-state index contributed by atoms with van der Waals surface area (Å²) in [6.45, 7) is 4.30. The Morgan fingerprint density at radius 1 is 1.42 bits per heavy atom. The molecule has 0 radical (unpaired) electrons. The van der Waals surface area contributed by atoms with Crippen LogP contribution in [0.15, 0.2) is 35.8 Å². The SMILES string of the molecule is O=CNC1=C(F)CC=CC(CN2CCOCC2)C=C1. The van der Waals surface area contributed by atoms with Crippen molar-refractivity contribution in [3.63, 3.8) is 0 Å². The third-order valence-corrected chi connectivity index (χ3v) is 3.27. The first kappa shape index (κ1) is 14.0. The van der Waals surface area contributed by atoms with E-state index in [9.17, 15) is 9.18 Å². The fourth-order valence-corrected chi connectivity index (χ4v) is 2.22. The second-order valence-electron chi connectivity index (χ2n) is 4.65. The molecule has 1 aliphatic carbocycles. The van der Waals surface area contributed by atoms with Crippen LogP contribution in [0.1, 0.15) is 6.42 Å². The van der Waals surface area contributed by atoms with Crippen LogP contribution in [0.5, 0.6) is 0 Å². The Labute approximate surface area is 112 Å². The minimum atomic E-state index is -0.315. The molecule has 0 bridgehead atoms. The number of hydrogen-bond acceptors (Lipinski definition) is 3. The van der Waals surface area contributed by atoms with Crippen molar-refractivity contribution in [2.24, 2.45) is 5.92 Å². The van der Waals surface area contributed by atoms with Crippen LogP contribution in [0.2, 0.25) is 0 Å². The normalized spacial score (nSPS) is 25.0. The van der Waals surface area contributed by atoms with Crippen molar-refractivity contribution in [2.75, 3.05) is 32.8 Å². The number of nitrogens with one attached hydrogen (secondary N) is 1. The molecule has 0 aromatic rings. The molecule has 1 amide bonds. The van der Waals surface area contributed by atoms with E-state index in [1.807, 2.05) is 18.2 Å². The molecule has 0 saturated carbocycles. The molecule has 2 aliphatic rings. The summed E-state index contributed by atoms with van der Waals surface area (Å²) in [5, 5.41) is 2.40. The van der Waals surface area contributed by atoms with Gasteiger partial charge in [0.1, 0.15) is 5.83 Å². The summed E-state index contributed by atoms with van der Waals surface area (Å²) < 4.78 is 18.9. The molecular formula is C14H19FN2O2. The number of ether oxygens (including phenoxy) is 1. The first-order valence-electron chi connectivity index (χ1n) is 6.53. The van der Waals surface area contributed by atoms with E-state index in [0.29, 0.717) is 6.41 Å². The van der Waals surface area contributed by atoms with E-state index in [1.165, 1.54) is 0 Å². The van der Waals surface area contributed by atoms with Crippen molar-refractivity contribution < 1.29 is 13.9 Å². The van der Waals surface area contributed by atoms with E-state index in [-0.39, 0.29) is 23.9 Å². The summed E-state index contributed by atoms with van der Waals surface area (Å²) in [6, 6.07) is 0. The third kappa shape index (κ3) is 4.29. The highest BCUT2D eigenvalue weighted by Crippen LogP contribution is 2.17. The lowest BCUT2D eigenvalue weighted by molar-refractivity contribution is -0.108. The standard InChI is InChI=1S/C14H19FN2O2/c15-13-3-1-2-12(4-5-14(13)16-11-18)10-17-6-8-19-9-7-17/h1-2,4-5,11-12H,3,6-10H2,(H,16,18). The van der Waals surface area contributed by atoms with Crippen molar-refractivity contribution in [2.45, 2.75) is 6.42 Å². The largest absolute Gasteiger partial charge is 0.379 e. The summed E-state index contributed by atoms with van der Waals surface area (Å²) in [7, 11) is 0. The first-order valence-corrected chi connectivity index (χ1v) is 6.53. The molecule has 19 heavy (non-hydrogen) atoms. The Kier molecular flexibility index (Phi) is 5.30. The average Bonchev–Trinajstić information content (AvgIpc) is 2.42. The van der Waals surface area contributed by atoms with Gasteiger partial charge in [0, 0.05) is 32.0 Å². The quantitative estimate of drug-likeness (QED) is 0.617. The fourth-order valence-electron chi connectivity index (χ4n) is 2.22. The number of morpholine rings is 1. The van der Waals surface area contributed by atoms with E-state index in [2.05, 4.69) is 10.2 Å². The summed E-state index contributed by atoms with van der Waals surface area (Å²) in [5.74, 6) is -0.0842. The van der Waals surface area contributed by atoms with Gasteiger partial charge in [-0.3, -0.25) is 9.69 Å². The van der Waals surface area contributed by atoms with Crippen LogP contribution in [-0.4, -0.2) is 44.2 Å². The number of rotatable bonds is 4. The van der Waals surface area contributed by atoms with Crippen molar-refractivity contribution in [1.29, 1.82) is 0 Å². The lowest BCUT2D eigenvalue weighted by Crippen LogP contribution is -2.38. The van der Waals surface area contributed by atoms with E-state index in [0.717, 1.165) is 32.8 Å². The monoisotopic (exact) mass is 266 g/mol. The van der Waals surface area contributed by atoms with Gasteiger partial charge < -0.3 is 10.1 Å². The van der Waals surface area contributed by atoms with Gasteiger partial charge >= 0.3 is 0 Å². The van der Waals surface area contributed by atoms with Crippen molar-refractivity contribution in [3.05, 3.63) is 35.8 Å². The topological polar surface area (TPSA) is 41.6 Å². The van der Waals surface area contributed by atoms with E-state index < -0.39 is 0 Å². The molecule has 0 spiro atoms. The highest BCUT2D eigenvalue weighted by molar-refractivity contribution is 5.52. The summed E-state index contributed by atoms with van der Waals surface area (Å²) in [5.41, 5.74) is 0.256. The predicted molar refractivity (Wildman–Crippen MR) is 71.0 cm³/mol. The molecule has 104 valence electrons. The number of allylic oxidation sites excluding steroid dienone is 3. The molecule has 1 saturated heterocycles. The molecule has 1 unspecified atom stereocenters.